The van der Waals surface area contributed by atoms with Crippen LogP contribution in [0.5, 0.6) is 5.75 Å². The number of Topliss-reactive ketones (excluding diaryl/α,β-unsaturated/α-hetero) is 1. The van der Waals surface area contributed by atoms with E-state index in [-0.39, 0.29) is 30.1 Å². The molecule has 1 aromatic carbocycles. The fraction of sp³-hybridized carbons (Fsp3) is 0.769. The number of carboxylic acids is 1. The summed E-state index contributed by atoms with van der Waals surface area (Å²) in [6, 6.07) is 6.29. The van der Waals surface area contributed by atoms with Crippen LogP contribution in [0.15, 0.2) is 36.4 Å². The number of para-hydroxylation sites is 1. The van der Waals surface area contributed by atoms with Gasteiger partial charge in [0.05, 0.1) is 60.9 Å². The van der Waals surface area contributed by atoms with Crippen molar-refractivity contribution in [1.29, 1.82) is 0 Å². The van der Waals surface area contributed by atoms with Gasteiger partial charge in [-0.15, -0.1) is 0 Å². The molecule has 376 valence electrons. The van der Waals surface area contributed by atoms with Crippen LogP contribution in [-0.2, 0) is 49.4 Å². The molecule has 15 heteroatoms. The van der Waals surface area contributed by atoms with E-state index in [9.17, 15) is 34.5 Å². The van der Waals surface area contributed by atoms with Gasteiger partial charge in [0.25, 0.3) is 0 Å². The number of hydrogen-bond donors (Lipinski definition) is 5. The molecule has 5 aliphatic heterocycles. The van der Waals surface area contributed by atoms with E-state index in [1.54, 1.807) is 31.2 Å². The third-order valence-electron chi connectivity index (χ3n) is 16.6. The lowest BCUT2D eigenvalue weighted by atomic mass is 9.72. The van der Waals surface area contributed by atoms with E-state index in [0.29, 0.717) is 69.1 Å². The Morgan fingerprint density at radius 1 is 0.881 bits per heavy atom. The van der Waals surface area contributed by atoms with E-state index in [1.807, 2.05) is 60.6 Å². The topological polar surface area (TPSA) is 208 Å². The Labute approximate surface area is 397 Å². The number of methoxy groups -OCH3 is 1. The highest BCUT2D eigenvalue weighted by molar-refractivity contribution is 6.35. The third-order valence-corrected chi connectivity index (χ3v) is 16.6. The van der Waals surface area contributed by atoms with Gasteiger partial charge in [0.15, 0.2) is 11.6 Å². The van der Waals surface area contributed by atoms with Crippen molar-refractivity contribution in [3.63, 3.8) is 0 Å². The molecule has 4 fully saturated rings. The number of amides is 2. The fourth-order valence-electron chi connectivity index (χ4n) is 12.0. The van der Waals surface area contributed by atoms with Gasteiger partial charge in [-0.2, -0.15) is 0 Å². The Hall–Kier alpha value is -3.44. The number of carboxylic acid groups (broad SMARTS) is 1. The summed E-state index contributed by atoms with van der Waals surface area (Å²) in [5.41, 5.74) is -1.17. The maximum absolute atomic E-state index is 14.7. The highest BCUT2D eigenvalue weighted by Gasteiger charge is 2.63. The number of ether oxygens (including phenoxy) is 6. The molecule has 4 saturated heterocycles. The standard InChI is InChI=1S/C52H80N2O13/c1-12-36(48(59)60)39-20-19-29(4)44(64-39)33(8)42(55)32(7)43(56)37(13-2)45-30(5)27-31(6)51(65-45)24-21-40(54-47(58)46(57)53-28-35-17-15-16-18-38(35)62-11)52(67-51)26-25-49(10,66-52)41-22-23-50(61,14-3)34(9)63-41/h15-18,21,24,29-34,36-37,39-42,44-45,55,61H,12-14,19-20,22-23,25-28H2,1-11H3,(H,53,57)(H,54,58)(H,59,60)/t29-,30-,31+,32-,33-,34-,36+,37?,39+,40?,41+,42+,44+,45-,49-,50+,51-,52-/m0/s1. The van der Waals surface area contributed by atoms with Crippen LogP contribution in [-0.4, -0.2) is 111 Å². The van der Waals surface area contributed by atoms with Crippen molar-refractivity contribution in [2.24, 2.45) is 41.4 Å². The highest BCUT2D eigenvalue weighted by atomic mass is 16.8. The summed E-state index contributed by atoms with van der Waals surface area (Å²) < 4.78 is 39.9. The number of carbonyl (C=O) groups excluding carboxylic acids is 3. The zero-order chi connectivity index (χ0) is 49.2. The molecule has 2 spiro atoms. The van der Waals surface area contributed by atoms with Crippen molar-refractivity contribution in [3.05, 3.63) is 42.0 Å². The van der Waals surface area contributed by atoms with Gasteiger partial charge in [0.2, 0.25) is 0 Å². The average molecular weight is 941 g/mol. The van der Waals surface area contributed by atoms with E-state index in [4.69, 9.17) is 28.4 Å². The van der Waals surface area contributed by atoms with Crippen molar-refractivity contribution >= 4 is 23.6 Å². The largest absolute Gasteiger partial charge is 0.496 e. The number of ketones is 1. The van der Waals surface area contributed by atoms with E-state index in [0.717, 1.165) is 6.42 Å². The molecular formula is C52H80N2O13. The average Bonchev–Trinajstić information content (AvgIpc) is 3.65. The molecule has 1 aromatic rings. The SMILES string of the molecule is CCC(C(=O)[C@@H](C)[C@@H](O)[C@H](C)[C@@H]1O[C@@H]([C@@H](CC)C(=O)O)CC[C@@H]1C)[C@H]1O[C@]2(C=CC(NC(=O)C(=O)NCc3ccccc3OC)[C@]3(CC[C@@](C)([C@H]4CC[C@](O)(CC)[C@H](C)O4)O3)O2)[C@H](C)C[C@@H]1C. The minimum absolute atomic E-state index is 0.0638. The van der Waals surface area contributed by atoms with Crippen LogP contribution in [0, 0.1) is 41.4 Å². The van der Waals surface area contributed by atoms with Crippen LogP contribution in [0.4, 0.5) is 0 Å². The summed E-state index contributed by atoms with van der Waals surface area (Å²) in [6.45, 7) is 19.4. The molecule has 5 N–H and O–H groups in total. The van der Waals surface area contributed by atoms with Gasteiger partial charge in [-0.3, -0.25) is 19.2 Å². The Kier molecular flexibility index (Phi) is 16.8. The Balaban J connectivity index is 1.25. The lowest BCUT2D eigenvalue weighted by molar-refractivity contribution is -0.398. The van der Waals surface area contributed by atoms with E-state index >= 15 is 0 Å². The first kappa shape index (κ1) is 52.9. The summed E-state index contributed by atoms with van der Waals surface area (Å²) in [5.74, 6) is -7.85. The molecule has 67 heavy (non-hydrogen) atoms. The zero-order valence-corrected chi connectivity index (χ0v) is 41.7. The van der Waals surface area contributed by atoms with Gasteiger partial charge in [-0.1, -0.05) is 79.7 Å². The molecule has 15 nitrogen and oxygen atoms in total. The smallest absolute Gasteiger partial charge is 0.309 e. The number of carbonyl (C=O) groups is 4. The second-order valence-corrected chi connectivity index (χ2v) is 20.9. The molecule has 0 bridgehead atoms. The summed E-state index contributed by atoms with van der Waals surface area (Å²) in [4.78, 5) is 54.0. The number of aliphatic hydroxyl groups is 2. The van der Waals surface area contributed by atoms with E-state index in [1.165, 1.54) is 7.11 Å². The Morgan fingerprint density at radius 2 is 1.58 bits per heavy atom. The van der Waals surface area contributed by atoms with E-state index in [2.05, 4.69) is 24.5 Å². The first-order valence-corrected chi connectivity index (χ1v) is 25.1. The highest BCUT2D eigenvalue weighted by Crippen LogP contribution is 2.54. The molecule has 0 aliphatic carbocycles. The molecule has 2 amide bonds. The van der Waals surface area contributed by atoms with Gasteiger partial charge >= 0.3 is 17.8 Å². The lowest BCUT2D eigenvalue weighted by Crippen LogP contribution is -2.66. The summed E-state index contributed by atoms with van der Waals surface area (Å²) in [6.07, 6.45) is 5.40. The summed E-state index contributed by atoms with van der Waals surface area (Å²) in [5, 5.41) is 38.7. The minimum atomic E-state index is -1.52. The van der Waals surface area contributed by atoms with Crippen LogP contribution in [0.25, 0.3) is 0 Å². The predicted octanol–water partition coefficient (Wildman–Crippen LogP) is 6.64. The van der Waals surface area contributed by atoms with Gasteiger partial charge < -0.3 is 54.4 Å². The van der Waals surface area contributed by atoms with Crippen molar-refractivity contribution in [3.8, 4) is 5.75 Å². The molecule has 0 radical (unpaired) electrons. The van der Waals surface area contributed by atoms with E-state index < -0.39 is 107 Å². The summed E-state index contributed by atoms with van der Waals surface area (Å²) >= 11 is 0. The quantitative estimate of drug-likeness (QED) is 0.0872. The zero-order valence-electron chi connectivity index (χ0n) is 41.7. The second-order valence-electron chi connectivity index (χ2n) is 20.9. The van der Waals surface area contributed by atoms with Crippen molar-refractivity contribution in [2.45, 2.75) is 205 Å². The number of nitrogens with one attached hydrogen (secondary N) is 2. The lowest BCUT2D eigenvalue weighted by Gasteiger charge is -2.55. The maximum atomic E-state index is 14.7. The van der Waals surface area contributed by atoms with Crippen LogP contribution in [0.3, 0.4) is 0 Å². The number of aliphatic carboxylic acids is 1. The molecule has 6 rings (SSSR count). The minimum Gasteiger partial charge on any atom is -0.496 e. The van der Waals surface area contributed by atoms with Crippen molar-refractivity contribution in [2.75, 3.05) is 7.11 Å². The monoisotopic (exact) mass is 941 g/mol. The van der Waals surface area contributed by atoms with Gasteiger partial charge in [-0.25, -0.2) is 0 Å². The normalized spacial score (nSPS) is 38.7. The maximum Gasteiger partial charge on any atom is 0.309 e. The fourth-order valence-corrected chi connectivity index (χ4v) is 12.0. The number of hydrogen-bond acceptors (Lipinski definition) is 12. The van der Waals surface area contributed by atoms with Crippen LogP contribution < -0.4 is 15.4 Å². The van der Waals surface area contributed by atoms with Crippen molar-refractivity contribution < 1.29 is 62.9 Å². The Bertz CT molecular complexity index is 1950. The van der Waals surface area contributed by atoms with Crippen LogP contribution in [0.1, 0.15) is 139 Å². The number of aliphatic hydroxyl groups excluding tert-OH is 1. The van der Waals surface area contributed by atoms with Gasteiger partial charge in [0.1, 0.15) is 17.6 Å². The second kappa shape index (κ2) is 21.3. The molecule has 5 aliphatic rings. The molecule has 2 unspecified atom stereocenters. The third kappa shape index (κ3) is 10.7. The van der Waals surface area contributed by atoms with Crippen LogP contribution in [0.2, 0.25) is 0 Å². The van der Waals surface area contributed by atoms with Gasteiger partial charge in [0, 0.05) is 42.2 Å². The molecule has 0 aromatic heterocycles. The first-order chi connectivity index (χ1) is 31.6. The molecule has 18 atom stereocenters. The van der Waals surface area contributed by atoms with Gasteiger partial charge in [-0.05, 0) is 95.6 Å². The number of benzene rings is 1. The molecule has 0 saturated carbocycles. The van der Waals surface area contributed by atoms with Crippen molar-refractivity contribution in [1.82, 2.24) is 10.6 Å². The summed E-state index contributed by atoms with van der Waals surface area (Å²) in [7, 11) is 1.54. The molecule has 5 heterocycles. The number of rotatable bonds is 16. The Morgan fingerprint density at radius 3 is 2.22 bits per heavy atom. The first-order valence-electron chi connectivity index (χ1n) is 25.1. The van der Waals surface area contributed by atoms with Crippen LogP contribution >= 0.6 is 0 Å². The molecular weight excluding hydrogens is 861 g/mol. The predicted molar refractivity (Wildman–Crippen MR) is 249 cm³/mol.